The molecule has 2 N–H and O–H groups in total. The van der Waals surface area contributed by atoms with E-state index in [0.717, 1.165) is 0 Å². The number of hydrogen-bond donors (Lipinski definition) is 1. The molecule has 4 heteroatoms. The maximum atomic E-state index is 10.1. The first-order valence-corrected chi connectivity index (χ1v) is 3.08. The van der Waals surface area contributed by atoms with Crippen molar-refractivity contribution in [3.05, 3.63) is 0 Å². The number of carbonyl (C=O) groups is 1. The first kappa shape index (κ1) is 6.87. The molecule has 1 saturated carbocycles. The molecule has 0 heterocycles. The molecule has 0 aromatic carbocycles. The predicted octanol–water partition coefficient (Wildman–Crippen LogP) is 0.384. The van der Waals surface area contributed by atoms with Gasteiger partial charge in [-0.15, -0.1) is 0 Å². The lowest BCUT2D eigenvalue weighted by Gasteiger charge is -2.28. The third kappa shape index (κ3) is 1.38. The van der Waals surface area contributed by atoms with Crippen LogP contribution in [0.3, 0.4) is 0 Å². The van der Waals surface area contributed by atoms with Gasteiger partial charge in [-0.1, -0.05) is 0 Å². The highest BCUT2D eigenvalue weighted by atomic mass is 16.6. The van der Waals surface area contributed by atoms with Gasteiger partial charge in [0.15, 0.2) is 0 Å². The Labute approximate surface area is 58.6 Å². The smallest absolute Gasteiger partial charge is 0.404 e. The predicted molar refractivity (Wildman–Crippen MR) is 32.8 cm³/mol. The van der Waals surface area contributed by atoms with Crippen molar-refractivity contribution in [1.82, 2.24) is 0 Å². The van der Waals surface area contributed by atoms with Gasteiger partial charge in [-0.2, -0.15) is 5.26 Å². The summed E-state index contributed by atoms with van der Waals surface area (Å²) in [5, 5.41) is 8.32. The molecule has 54 valence electrons. The van der Waals surface area contributed by atoms with Crippen LogP contribution >= 0.6 is 0 Å². The molecule has 10 heavy (non-hydrogen) atoms. The van der Waals surface area contributed by atoms with Crippen molar-refractivity contribution in [2.75, 3.05) is 0 Å². The quantitative estimate of drug-likeness (QED) is 0.572. The Kier molecular flexibility index (Phi) is 1.76. The number of nitrogens with zero attached hydrogens (tertiary/aromatic N) is 1. The molecule has 4 nitrogen and oxygen atoms in total. The number of hydrogen-bond acceptors (Lipinski definition) is 3. The van der Waals surface area contributed by atoms with Crippen LogP contribution in [0.2, 0.25) is 0 Å². The molecular formula is C6H8N2O2. The van der Waals surface area contributed by atoms with Gasteiger partial charge < -0.3 is 10.5 Å². The average molecular weight is 140 g/mol. The topological polar surface area (TPSA) is 76.1 Å². The second-order valence-corrected chi connectivity index (χ2v) is 2.36. The van der Waals surface area contributed by atoms with Crippen LogP contribution in [0.15, 0.2) is 0 Å². The van der Waals surface area contributed by atoms with Crippen molar-refractivity contribution >= 4 is 6.09 Å². The molecule has 0 unspecified atom stereocenters. The molecule has 0 aromatic rings. The summed E-state index contributed by atoms with van der Waals surface area (Å²) in [5.41, 5.74) is 4.75. The Hall–Kier alpha value is -1.24. The molecule has 0 spiro atoms. The number of amides is 1. The van der Waals surface area contributed by atoms with Crippen LogP contribution in [-0.4, -0.2) is 12.2 Å². The van der Waals surface area contributed by atoms with Crippen LogP contribution in [0, 0.1) is 17.2 Å². The summed E-state index contributed by atoms with van der Waals surface area (Å²) in [5.74, 6) is 0.0596. The molecule has 0 atom stereocenters. The monoisotopic (exact) mass is 140 g/mol. The van der Waals surface area contributed by atoms with E-state index in [-0.39, 0.29) is 12.0 Å². The number of ether oxygens (including phenoxy) is 1. The number of nitriles is 1. The van der Waals surface area contributed by atoms with Gasteiger partial charge in [0.2, 0.25) is 0 Å². The Balaban J connectivity index is 2.16. The Bertz CT molecular complexity index is 179. The van der Waals surface area contributed by atoms with E-state index in [1.807, 2.05) is 0 Å². The second kappa shape index (κ2) is 2.56. The van der Waals surface area contributed by atoms with Crippen LogP contribution in [0.4, 0.5) is 4.79 Å². The van der Waals surface area contributed by atoms with Crippen LogP contribution in [0.5, 0.6) is 0 Å². The average Bonchev–Trinajstić information content (AvgIpc) is 1.76. The van der Waals surface area contributed by atoms with Crippen LogP contribution in [0.1, 0.15) is 12.8 Å². The van der Waals surface area contributed by atoms with E-state index >= 15 is 0 Å². The fraction of sp³-hybridized carbons (Fsp3) is 0.667. The molecular weight excluding hydrogens is 132 g/mol. The normalized spacial score (nSPS) is 29.9. The highest BCUT2D eigenvalue weighted by molar-refractivity contribution is 5.64. The Morgan fingerprint density at radius 3 is 2.70 bits per heavy atom. The van der Waals surface area contributed by atoms with Gasteiger partial charge >= 0.3 is 6.09 Å². The summed E-state index contributed by atoms with van der Waals surface area (Å²) in [6.45, 7) is 0. The van der Waals surface area contributed by atoms with Crippen molar-refractivity contribution in [2.24, 2.45) is 11.7 Å². The van der Waals surface area contributed by atoms with Crippen molar-refractivity contribution in [2.45, 2.75) is 18.9 Å². The summed E-state index contributed by atoms with van der Waals surface area (Å²) in [6.07, 6.45) is 0.419. The van der Waals surface area contributed by atoms with Gasteiger partial charge in [0.05, 0.1) is 12.0 Å². The van der Waals surface area contributed by atoms with Gasteiger partial charge in [-0.05, 0) is 0 Å². The lowest BCUT2D eigenvalue weighted by Crippen LogP contribution is -2.34. The maximum absolute atomic E-state index is 10.1. The van der Waals surface area contributed by atoms with E-state index in [9.17, 15) is 4.79 Å². The van der Waals surface area contributed by atoms with Crippen LogP contribution in [0.25, 0.3) is 0 Å². The minimum Gasteiger partial charge on any atom is -0.446 e. The first-order chi connectivity index (χ1) is 4.72. The molecule has 1 fully saturated rings. The van der Waals surface area contributed by atoms with Crippen LogP contribution in [-0.2, 0) is 4.74 Å². The minimum atomic E-state index is -0.749. The second-order valence-electron chi connectivity index (χ2n) is 2.36. The molecule has 0 radical (unpaired) electrons. The van der Waals surface area contributed by atoms with E-state index in [0.29, 0.717) is 12.8 Å². The molecule has 0 aromatic heterocycles. The lowest BCUT2D eigenvalue weighted by molar-refractivity contribution is 0.0390. The fourth-order valence-corrected chi connectivity index (χ4v) is 0.932. The van der Waals surface area contributed by atoms with Crippen LogP contribution < -0.4 is 5.73 Å². The Morgan fingerprint density at radius 1 is 1.70 bits per heavy atom. The summed E-state index contributed by atoms with van der Waals surface area (Å²) < 4.78 is 4.61. The van der Waals surface area contributed by atoms with E-state index in [2.05, 4.69) is 10.8 Å². The highest BCUT2D eigenvalue weighted by Gasteiger charge is 2.31. The molecule has 0 saturated heterocycles. The zero-order chi connectivity index (χ0) is 7.56. The van der Waals surface area contributed by atoms with Gasteiger partial charge in [-0.25, -0.2) is 4.79 Å². The van der Waals surface area contributed by atoms with Gasteiger partial charge in [0.1, 0.15) is 6.10 Å². The Morgan fingerprint density at radius 2 is 2.30 bits per heavy atom. The maximum Gasteiger partial charge on any atom is 0.404 e. The van der Waals surface area contributed by atoms with E-state index in [4.69, 9.17) is 11.0 Å². The lowest BCUT2D eigenvalue weighted by atomic mass is 9.84. The number of rotatable bonds is 1. The standard InChI is InChI=1S/C6H8N2O2/c7-3-4-1-5(2-4)10-6(8)9/h4-5H,1-2H2,(H2,8,9)/t4-,5-. The van der Waals surface area contributed by atoms with Crippen molar-refractivity contribution < 1.29 is 9.53 Å². The zero-order valence-electron chi connectivity index (χ0n) is 5.41. The molecule has 1 aliphatic carbocycles. The minimum absolute atomic E-state index is 0.0596. The molecule has 1 amide bonds. The summed E-state index contributed by atoms with van der Waals surface area (Å²) in [6, 6.07) is 2.07. The SMILES string of the molecule is N#C[C@H]1C[C@H](OC(N)=O)C1. The largest absolute Gasteiger partial charge is 0.446 e. The van der Waals surface area contributed by atoms with Crippen molar-refractivity contribution in [3.63, 3.8) is 0 Å². The zero-order valence-corrected chi connectivity index (χ0v) is 5.41. The van der Waals surface area contributed by atoms with Gasteiger partial charge in [0, 0.05) is 12.8 Å². The molecule has 0 aliphatic heterocycles. The van der Waals surface area contributed by atoms with Crippen molar-refractivity contribution in [3.8, 4) is 6.07 Å². The van der Waals surface area contributed by atoms with Gasteiger partial charge in [-0.3, -0.25) is 0 Å². The summed E-state index contributed by atoms with van der Waals surface area (Å²) in [7, 11) is 0. The van der Waals surface area contributed by atoms with E-state index < -0.39 is 6.09 Å². The molecule has 1 aliphatic rings. The highest BCUT2D eigenvalue weighted by Crippen LogP contribution is 2.28. The van der Waals surface area contributed by atoms with Crippen molar-refractivity contribution in [1.29, 1.82) is 5.26 Å². The molecule has 1 rings (SSSR count). The molecule has 0 bridgehead atoms. The number of carbonyl (C=O) groups excluding carboxylic acids is 1. The summed E-state index contributed by atoms with van der Waals surface area (Å²) >= 11 is 0. The summed E-state index contributed by atoms with van der Waals surface area (Å²) in [4.78, 5) is 10.1. The van der Waals surface area contributed by atoms with E-state index in [1.54, 1.807) is 0 Å². The third-order valence-electron chi connectivity index (χ3n) is 1.56. The first-order valence-electron chi connectivity index (χ1n) is 3.08. The van der Waals surface area contributed by atoms with E-state index in [1.165, 1.54) is 0 Å². The number of nitrogens with two attached hydrogens (primary N) is 1. The third-order valence-corrected chi connectivity index (χ3v) is 1.56. The number of primary amides is 1. The van der Waals surface area contributed by atoms with Gasteiger partial charge in [0.25, 0.3) is 0 Å². The fourth-order valence-electron chi connectivity index (χ4n) is 0.932.